The van der Waals surface area contributed by atoms with E-state index in [1.807, 2.05) is 30.3 Å². The van der Waals surface area contributed by atoms with E-state index in [0.717, 1.165) is 5.56 Å². The van der Waals surface area contributed by atoms with Crippen molar-refractivity contribution in [3.63, 3.8) is 0 Å². The number of phenolic OH excluding ortho intramolecular Hbond substituents is 1. The number of hydrogen-bond donors (Lipinski definition) is 3. The van der Waals surface area contributed by atoms with Gasteiger partial charge in [-0.2, -0.15) is 0 Å². The lowest BCUT2D eigenvalue weighted by Crippen LogP contribution is -2.23. The zero-order valence-corrected chi connectivity index (χ0v) is 12.6. The van der Waals surface area contributed by atoms with Crippen LogP contribution in [-0.2, 0) is 6.61 Å². The minimum absolute atomic E-state index is 0. The zero-order chi connectivity index (χ0) is 14.5. The Bertz CT molecular complexity index is 561. The molecule has 2 aromatic rings. The van der Waals surface area contributed by atoms with Gasteiger partial charge in [-0.3, -0.25) is 0 Å². The van der Waals surface area contributed by atoms with Crippen molar-refractivity contribution in [3.8, 4) is 11.5 Å². The van der Waals surface area contributed by atoms with Gasteiger partial charge in [-0.1, -0.05) is 30.3 Å². The minimum Gasteiger partial charge on any atom is -0.507 e. The fourth-order valence-electron chi connectivity index (χ4n) is 1.90. The first-order valence-electron chi connectivity index (χ1n) is 6.51. The van der Waals surface area contributed by atoms with Crippen molar-refractivity contribution in [2.24, 2.45) is 5.73 Å². The fraction of sp³-hybridized carbons (Fsp3) is 0.250. The van der Waals surface area contributed by atoms with E-state index in [-0.39, 0.29) is 18.2 Å². The Kier molecular flexibility index (Phi) is 6.49. The largest absolute Gasteiger partial charge is 0.507 e. The molecule has 2 aromatic carbocycles. The van der Waals surface area contributed by atoms with Crippen LogP contribution in [0.2, 0.25) is 0 Å². The molecule has 2 rings (SSSR count). The molecule has 0 unspecified atom stereocenters. The summed E-state index contributed by atoms with van der Waals surface area (Å²) < 4.78 is 5.60. The van der Waals surface area contributed by atoms with Gasteiger partial charge >= 0.3 is 0 Å². The quantitative estimate of drug-likeness (QED) is 0.794. The highest BCUT2D eigenvalue weighted by Gasteiger charge is 2.16. The summed E-state index contributed by atoms with van der Waals surface area (Å²) in [4.78, 5) is 0. The predicted molar refractivity (Wildman–Crippen MR) is 84.7 cm³/mol. The summed E-state index contributed by atoms with van der Waals surface area (Å²) in [5.41, 5.74) is 7.36. The Morgan fingerprint density at radius 1 is 1.14 bits per heavy atom. The van der Waals surface area contributed by atoms with Gasteiger partial charge < -0.3 is 20.7 Å². The Balaban J connectivity index is 0.00000220. The smallest absolute Gasteiger partial charge is 0.124 e. The third-order valence-corrected chi connectivity index (χ3v) is 3.13. The first-order valence-corrected chi connectivity index (χ1v) is 6.51. The average molecular weight is 310 g/mol. The second kappa shape index (κ2) is 7.88. The topological polar surface area (TPSA) is 75.7 Å². The maximum Gasteiger partial charge on any atom is 0.124 e. The van der Waals surface area contributed by atoms with E-state index >= 15 is 0 Å². The Morgan fingerprint density at radius 3 is 2.38 bits per heavy atom. The van der Waals surface area contributed by atoms with E-state index in [2.05, 4.69) is 0 Å². The average Bonchev–Trinajstić information content (AvgIpc) is 2.45. The number of benzene rings is 2. The highest BCUT2D eigenvalue weighted by Crippen LogP contribution is 2.29. The lowest BCUT2D eigenvalue weighted by atomic mass is 10.0. The summed E-state index contributed by atoms with van der Waals surface area (Å²) >= 11 is 0. The number of aliphatic hydroxyl groups is 1. The molecule has 0 aliphatic heterocycles. The first kappa shape index (κ1) is 17.3. The number of nitrogens with two attached hydrogens (primary N) is 1. The van der Waals surface area contributed by atoms with E-state index in [9.17, 15) is 10.2 Å². The summed E-state index contributed by atoms with van der Waals surface area (Å²) in [5.74, 6) is 0.594. The maximum atomic E-state index is 9.94. The van der Waals surface area contributed by atoms with Crippen LogP contribution in [0.3, 0.4) is 0 Å². The van der Waals surface area contributed by atoms with Gasteiger partial charge in [0.2, 0.25) is 0 Å². The van der Waals surface area contributed by atoms with Crippen molar-refractivity contribution in [1.29, 1.82) is 0 Å². The SMILES string of the molecule is C[C@@H](O)[C@@H](N)c1ccc(OCc2ccccc2)cc1O.Cl. The van der Waals surface area contributed by atoms with Crippen LogP contribution in [0.15, 0.2) is 48.5 Å². The van der Waals surface area contributed by atoms with Gasteiger partial charge in [-0.25, -0.2) is 0 Å². The summed E-state index contributed by atoms with van der Waals surface area (Å²) in [5, 5.41) is 19.4. The van der Waals surface area contributed by atoms with Gasteiger partial charge in [0.15, 0.2) is 0 Å². The second-order valence-electron chi connectivity index (χ2n) is 4.76. The molecule has 0 aliphatic carbocycles. The van der Waals surface area contributed by atoms with Crippen LogP contribution >= 0.6 is 12.4 Å². The van der Waals surface area contributed by atoms with Gasteiger partial charge in [0.05, 0.1) is 12.1 Å². The van der Waals surface area contributed by atoms with Crippen LogP contribution in [0.5, 0.6) is 11.5 Å². The van der Waals surface area contributed by atoms with E-state index in [1.165, 1.54) is 6.07 Å². The highest BCUT2D eigenvalue weighted by molar-refractivity contribution is 5.85. The van der Waals surface area contributed by atoms with Gasteiger partial charge in [0.1, 0.15) is 18.1 Å². The molecule has 0 radical (unpaired) electrons. The van der Waals surface area contributed by atoms with E-state index in [1.54, 1.807) is 19.1 Å². The second-order valence-corrected chi connectivity index (χ2v) is 4.76. The number of rotatable bonds is 5. The predicted octanol–water partition coefficient (Wildman–Crippen LogP) is 2.77. The van der Waals surface area contributed by atoms with Crippen molar-refractivity contribution in [2.75, 3.05) is 0 Å². The lowest BCUT2D eigenvalue weighted by molar-refractivity contribution is 0.162. The van der Waals surface area contributed by atoms with Crippen LogP contribution in [-0.4, -0.2) is 16.3 Å². The van der Waals surface area contributed by atoms with Crippen molar-refractivity contribution in [1.82, 2.24) is 0 Å². The van der Waals surface area contributed by atoms with Crippen LogP contribution < -0.4 is 10.5 Å². The molecule has 0 aromatic heterocycles. The molecular formula is C16H20ClNO3. The fourth-order valence-corrected chi connectivity index (χ4v) is 1.90. The van der Waals surface area contributed by atoms with E-state index in [4.69, 9.17) is 10.5 Å². The van der Waals surface area contributed by atoms with E-state index in [0.29, 0.717) is 17.9 Å². The molecule has 0 saturated carbocycles. The first-order chi connectivity index (χ1) is 9.58. The van der Waals surface area contributed by atoms with Crippen molar-refractivity contribution in [2.45, 2.75) is 25.7 Å². The molecule has 2 atom stereocenters. The third-order valence-electron chi connectivity index (χ3n) is 3.13. The van der Waals surface area contributed by atoms with Crippen LogP contribution in [0.1, 0.15) is 24.1 Å². The molecule has 114 valence electrons. The zero-order valence-electron chi connectivity index (χ0n) is 11.8. The number of ether oxygens (including phenoxy) is 1. The molecular weight excluding hydrogens is 290 g/mol. The number of aromatic hydroxyl groups is 1. The van der Waals surface area contributed by atoms with Gasteiger partial charge in [-0.15, -0.1) is 12.4 Å². The molecule has 21 heavy (non-hydrogen) atoms. The van der Waals surface area contributed by atoms with Crippen molar-refractivity contribution >= 4 is 12.4 Å². The lowest BCUT2D eigenvalue weighted by Gasteiger charge is -2.17. The standard InChI is InChI=1S/C16H19NO3.ClH/c1-11(18)16(17)14-8-7-13(9-15(14)19)20-10-12-5-3-2-4-6-12;/h2-9,11,16,18-19H,10,17H2,1H3;1H/t11-,16-;/m1./s1. The molecule has 0 heterocycles. The van der Waals surface area contributed by atoms with Gasteiger partial charge in [-0.05, 0) is 24.6 Å². The molecule has 0 spiro atoms. The van der Waals surface area contributed by atoms with Crippen LogP contribution in [0.4, 0.5) is 0 Å². The molecule has 0 aliphatic rings. The van der Waals surface area contributed by atoms with E-state index < -0.39 is 12.1 Å². The maximum absolute atomic E-state index is 9.94. The third kappa shape index (κ3) is 4.63. The van der Waals surface area contributed by atoms with Gasteiger partial charge in [0, 0.05) is 11.6 Å². The summed E-state index contributed by atoms with van der Waals surface area (Å²) in [6.07, 6.45) is -0.725. The molecule has 4 nitrogen and oxygen atoms in total. The molecule has 0 amide bonds. The Morgan fingerprint density at radius 2 is 1.81 bits per heavy atom. The molecule has 0 fully saturated rings. The summed E-state index contributed by atoms with van der Waals surface area (Å²) in [6, 6.07) is 14.1. The number of aliphatic hydroxyl groups excluding tert-OH is 1. The minimum atomic E-state index is -0.725. The molecule has 0 saturated heterocycles. The van der Waals surface area contributed by atoms with Crippen molar-refractivity contribution in [3.05, 3.63) is 59.7 Å². The summed E-state index contributed by atoms with van der Waals surface area (Å²) in [7, 11) is 0. The van der Waals surface area contributed by atoms with Crippen molar-refractivity contribution < 1.29 is 14.9 Å². The number of hydrogen-bond acceptors (Lipinski definition) is 4. The Hall–Kier alpha value is -1.75. The summed E-state index contributed by atoms with van der Waals surface area (Å²) in [6.45, 7) is 2.02. The highest BCUT2D eigenvalue weighted by atomic mass is 35.5. The van der Waals surface area contributed by atoms with Gasteiger partial charge in [0.25, 0.3) is 0 Å². The molecule has 4 N–H and O–H groups in total. The monoisotopic (exact) mass is 309 g/mol. The molecule has 5 heteroatoms. The van der Waals surface area contributed by atoms with Crippen LogP contribution in [0, 0.1) is 0 Å². The normalized spacial score (nSPS) is 13.1. The van der Waals surface area contributed by atoms with Crippen LogP contribution in [0.25, 0.3) is 0 Å². The number of halogens is 1. The Labute approximate surface area is 130 Å². The number of phenols is 1. The molecule has 0 bridgehead atoms.